The second-order valence-electron chi connectivity index (χ2n) is 4.55. The van der Waals surface area contributed by atoms with Crippen LogP contribution in [0.1, 0.15) is 24.3 Å². The van der Waals surface area contributed by atoms with E-state index in [2.05, 4.69) is 29.5 Å². The number of aromatic nitrogens is 1. The number of hydrogen-bond acceptors (Lipinski definition) is 3. The highest BCUT2D eigenvalue weighted by atomic mass is 16.1. The van der Waals surface area contributed by atoms with E-state index in [1.165, 1.54) is 0 Å². The first-order chi connectivity index (χ1) is 9.15. The second kappa shape index (κ2) is 6.00. The number of pyridine rings is 1. The molecule has 4 heteroatoms. The average Bonchev–Trinajstić information content (AvgIpc) is 2.40. The Kier molecular flexibility index (Phi) is 4.13. The van der Waals surface area contributed by atoms with Gasteiger partial charge in [0.1, 0.15) is 5.69 Å². The summed E-state index contributed by atoms with van der Waals surface area (Å²) in [7, 11) is 0. The Morgan fingerprint density at radius 3 is 2.37 bits per heavy atom. The SMILES string of the molecule is CC(C)Nc1ccc(C(=O)Nc2ccccc2)nc1. The smallest absolute Gasteiger partial charge is 0.274 e. The molecule has 0 saturated heterocycles. The number of nitrogens with zero attached hydrogens (tertiary/aromatic N) is 1. The molecule has 1 aromatic heterocycles. The van der Waals surface area contributed by atoms with Gasteiger partial charge in [-0.25, -0.2) is 4.98 Å². The standard InChI is InChI=1S/C15H17N3O/c1-11(2)17-13-8-9-14(16-10-13)15(19)18-12-6-4-3-5-7-12/h3-11,17H,1-2H3,(H,18,19). The zero-order valence-electron chi connectivity index (χ0n) is 11.1. The minimum absolute atomic E-state index is 0.206. The van der Waals surface area contributed by atoms with Crippen molar-refractivity contribution in [1.29, 1.82) is 0 Å². The number of rotatable bonds is 4. The monoisotopic (exact) mass is 255 g/mol. The number of amides is 1. The first-order valence-corrected chi connectivity index (χ1v) is 6.24. The maximum atomic E-state index is 12.0. The van der Waals surface area contributed by atoms with Gasteiger partial charge < -0.3 is 10.6 Å². The Bertz CT molecular complexity index is 535. The molecule has 2 aromatic rings. The van der Waals surface area contributed by atoms with Gasteiger partial charge in [0.2, 0.25) is 0 Å². The lowest BCUT2D eigenvalue weighted by Gasteiger charge is -2.10. The van der Waals surface area contributed by atoms with Crippen LogP contribution in [-0.2, 0) is 0 Å². The van der Waals surface area contributed by atoms with Gasteiger partial charge in [0, 0.05) is 11.7 Å². The fourth-order valence-corrected chi connectivity index (χ4v) is 1.66. The van der Waals surface area contributed by atoms with Crippen molar-refractivity contribution in [2.75, 3.05) is 10.6 Å². The maximum Gasteiger partial charge on any atom is 0.274 e. The third-order valence-corrected chi connectivity index (χ3v) is 2.48. The summed E-state index contributed by atoms with van der Waals surface area (Å²) in [5, 5.41) is 6.02. The molecule has 0 aliphatic rings. The van der Waals surface area contributed by atoms with Gasteiger partial charge in [-0.1, -0.05) is 18.2 Å². The number of carbonyl (C=O) groups is 1. The van der Waals surface area contributed by atoms with E-state index in [1.54, 1.807) is 12.3 Å². The van der Waals surface area contributed by atoms with E-state index in [0.717, 1.165) is 11.4 Å². The molecule has 98 valence electrons. The van der Waals surface area contributed by atoms with Crippen LogP contribution in [0.2, 0.25) is 0 Å². The van der Waals surface area contributed by atoms with Crippen LogP contribution >= 0.6 is 0 Å². The number of carbonyl (C=O) groups excluding carboxylic acids is 1. The van der Waals surface area contributed by atoms with E-state index in [4.69, 9.17) is 0 Å². The Hall–Kier alpha value is -2.36. The molecule has 0 aliphatic heterocycles. The predicted molar refractivity (Wildman–Crippen MR) is 77.4 cm³/mol. The van der Waals surface area contributed by atoms with Crippen molar-refractivity contribution in [3.8, 4) is 0 Å². The number of hydrogen-bond donors (Lipinski definition) is 2. The predicted octanol–water partition coefficient (Wildman–Crippen LogP) is 3.15. The fourth-order valence-electron chi connectivity index (χ4n) is 1.66. The molecular formula is C15H17N3O. The number of benzene rings is 1. The molecule has 1 amide bonds. The van der Waals surface area contributed by atoms with Gasteiger partial charge in [-0.2, -0.15) is 0 Å². The van der Waals surface area contributed by atoms with Crippen molar-refractivity contribution in [2.24, 2.45) is 0 Å². The lowest BCUT2D eigenvalue weighted by Crippen LogP contribution is -2.14. The van der Waals surface area contributed by atoms with Crippen molar-refractivity contribution in [3.05, 3.63) is 54.4 Å². The zero-order valence-corrected chi connectivity index (χ0v) is 11.1. The summed E-state index contributed by atoms with van der Waals surface area (Å²) >= 11 is 0. The van der Waals surface area contributed by atoms with E-state index in [0.29, 0.717) is 11.7 Å². The van der Waals surface area contributed by atoms with Crippen molar-refractivity contribution in [3.63, 3.8) is 0 Å². The zero-order chi connectivity index (χ0) is 13.7. The molecule has 0 unspecified atom stereocenters. The van der Waals surface area contributed by atoms with E-state index >= 15 is 0 Å². The van der Waals surface area contributed by atoms with E-state index in [1.807, 2.05) is 36.4 Å². The van der Waals surface area contributed by atoms with Crippen molar-refractivity contribution < 1.29 is 4.79 Å². The quantitative estimate of drug-likeness (QED) is 0.882. The summed E-state index contributed by atoms with van der Waals surface area (Å²) in [6, 6.07) is 13.2. The Labute approximate surface area is 112 Å². The van der Waals surface area contributed by atoms with Crippen LogP contribution in [0.3, 0.4) is 0 Å². The molecule has 0 atom stereocenters. The van der Waals surface area contributed by atoms with Gasteiger partial charge in [-0.05, 0) is 38.1 Å². The van der Waals surface area contributed by atoms with Gasteiger partial charge in [0.25, 0.3) is 5.91 Å². The minimum Gasteiger partial charge on any atom is -0.382 e. The molecule has 0 bridgehead atoms. The van der Waals surface area contributed by atoms with Crippen LogP contribution < -0.4 is 10.6 Å². The van der Waals surface area contributed by atoms with Crippen molar-refractivity contribution >= 4 is 17.3 Å². The fraction of sp³-hybridized carbons (Fsp3) is 0.200. The average molecular weight is 255 g/mol. The summed E-state index contributed by atoms with van der Waals surface area (Å²) < 4.78 is 0. The molecule has 0 saturated carbocycles. The normalized spacial score (nSPS) is 10.3. The third kappa shape index (κ3) is 3.81. The van der Waals surface area contributed by atoms with Crippen LogP contribution in [0.25, 0.3) is 0 Å². The number of para-hydroxylation sites is 1. The first-order valence-electron chi connectivity index (χ1n) is 6.24. The largest absolute Gasteiger partial charge is 0.382 e. The van der Waals surface area contributed by atoms with Crippen molar-refractivity contribution in [2.45, 2.75) is 19.9 Å². The molecule has 2 N–H and O–H groups in total. The summed E-state index contributed by atoms with van der Waals surface area (Å²) in [6.45, 7) is 4.10. The van der Waals surface area contributed by atoms with Crippen LogP contribution in [0.15, 0.2) is 48.7 Å². The first kappa shape index (κ1) is 13.1. The Morgan fingerprint density at radius 2 is 1.79 bits per heavy atom. The molecule has 0 fully saturated rings. The van der Waals surface area contributed by atoms with Gasteiger partial charge in [0.05, 0.1) is 11.9 Å². The van der Waals surface area contributed by atoms with Crippen LogP contribution in [0.4, 0.5) is 11.4 Å². The van der Waals surface area contributed by atoms with Gasteiger partial charge in [-0.15, -0.1) is 0 Å². The van der Waals surface area contributed by atoms with Crippen molar-refractivity contribution in [1.82, 2.24) is 4.98 Å². The van der Waals surface area contributed by atoms with Crippen LogP contribution in [0, 0.1) is 0 Å². The summed E-state index contributed by atoms with van der Waals surface area (Å²) in [5.74, 6) is -0.206. The summed E-state index contributed by atoms with van der Waals surface area (Å²) in [5.41, 5.74) is 2.07. The highest BCUT2D eigenvalue weighted by molar-refractivity contribution is 6.02. The molecular weight excluding hydrogens is 238 g/mol. The lowest BCUT2D eigenvalue weighted by atomic mass is 10.2. The van der Waals surface area contributed by atoms with E-state index in [-0.39, 0.29) is 5.91 Å². The Morgan fingerprint density at radius 1 is 1.05 bits per heavy atom. The van der Waals surface area contributed by atoms with Gasteiger partial charge in [0.15, 0.2) is 0 Å². The van der Waals surface area contributed by atoms with Crippen LogP contribution in [0.5, 0.6) is 0 Å². The molecule has 0 spiro atoms. The van der Waals surface area contributed by atoms with E-state index in [9.17, 15) is 4.79 Å². The minimum atomic E-state index is -0.206. The topological polar surface area (TPSA) is 54.0 Å². The third-order valence-electron chi connectivity index (χ3n) is 2.48. The van der Waals surface area contributed by atoms with Gasteiger partial charge in [-0.3, -0.25) is 4.79 Å². The molecule has 1 aromatic carbocycles. The highest BCUT2D eigenvalue weighted by Gasteiger charge is 2.07. The van der Waals surface area contributed by atoms with Crippen LogP contribution in [-0.4, -0.2) is 16.9 Å². The molecule has 19 heavy (non-hydrogen) atoms. The maximum absolute atomic E-state index is 12.0. The van der Waals surface area contributed by atoms with Gasteiger partial charge >= 0.3 is 0 Å². The number of nitrogens with one attached hydrogen (secondary N) is 2. The molecule has 2 rings (SSSR count). The lowest BCUT2D eigenvalue weighted by molar-refractivity contribution is 0.102. The number of anilines is 2. The van der Waals surface area contributed by atoms with E-state index < -0.39 is 0 Å². The molecule has 4 nitrogen and oxygen atoms in total. The summed E-state index contributed by atoms with van der Waals surface area (Å²) in [6.07, 6.45) is 1.67. The second-order valence-corrected chi connectivity index (χ2v) is 4.55. The Balaban J connectivity index is 2.04. The molecule has 0 radical (unpaired) electrons. The molecule has 0 aliphatic carbocycles. The molecule has 1 heterocycles. The summed E-state index contributed by atoms with van der Waals surface area (Å²) in [4.78, 5) is 16.1. The highest BCUT2D eigenvalue weighted by Crippen LogP contribution is 2.10.